The molecule has 0 aliphatic carbocycles. The van der Waals surface area contributed by atoms with E-state index in [1.807, 2.05) is 16.9 Å². The number of benzene rings is 1. The van der Waals surface area contributed by atoms with Crippen molar-refractivity contribution in [2.45, 2.75) is 18.9 Å². The van der Waals surface area contributed by atoms with Gasteiger partial charge in [-0.1, -0.05) is 18.2 Å². The minimum Gasteiger partial charge on any atom is -0.381 e. The van der Waals surface area contributed by atoms with Crippen molar-refractivity contribution in [3.63, 3.8) is 0 Å². The van der Waals surface area contributed by atoms with Crippen molar-refractivity contribution >= 4 is 17.5 Å². The lowest BCUT2D eigenvalue weighted by Gasteiger charge is -2.22. The fraction of sp³-hybridized carbons (Fsp3) is 0.353. The number of carbonyl (C=O) groups excluding carboxylic acids is 2. The van der Waals surface area contributed by atoms with Crippen LogP contribution < -0.4 is 10.6 Å². The lowest BCUT2D eigenvalue weighted by molar-refractivity contribution is -0.115. The summed E-state index contributed by atoms with van der Waals surface area (Å²) in [4.78, 5) is 23.8. The first-order valence-electron chi connectivity index (χ1n) is 7.97. The van der Waals surface area contributed by atoms with Gasteiger partial charge in [0.25, 0.3) is 5.91 Å². The van der Waals surface area contributed by atoms with E-state index in [4.69, 9.17) is 4.74 Å². The molecule has 1 aromatic carbocycles. The van der Waals surface area contributed by atoms with Crippen LogP contribution in [-0.4, -0.2) is 41.4 Å². The number of hydrogen-bond donors (Lipinski definition) is 2. The molecule has 0 atom stereocenters. The fourth-order valence-corrected chi connectivity index (χ4v) is 2.61. The second-order valence-corrected chi connectivity index (χ2v) is 5.65. The number of rotatable bonds is 5. The van der Waals surface area contributed by atoms with Crippen LogP contribution in [0.3, 0.4) is 0 Å². The Morgan fingerprint density at radius 2 is 1.96 bits per heavy atom. The molecule has 24 heavy (non-hydrogen) atoms. The van der Waals surface area contributed by atoms with Gasteiger partial charge in [0.2, 0.25) is 5.91 Å². The minimum atomic E-state index is -0.286. The predicted octanol–water partition coefficient (Wildman–Crippen LogP) is 1.60. The molecule has 0 radical (unpaired) electrons. The molecule has 1 aromatic heterocycles. The van der Waals surface area contributed by atoms with Crippen molar-refractivity contribution in [3.8, 4) is 0 Å². The summed E-state index contributed by atoms with van der Waals surface area (Å²) in [5, 5.41) is 9.63. The van der Waals surface area contributed by atoms with E-state index < -0.39 is 0 Å². The van der Waals surface area contributed by atoms with Crippen LogP contribution in [0.25, 0.3) is 0 Å². The van der Waals surface area contributed by atoms with Gasteiger partial charge in [-0.05, 0) is 25.0 Å². The molecule has 2 N–H and O–H groups in total. The molecule has 126 valence electrons. The third-order valence-electron chi connectivity index (χ3n) is 3.90. The lowest BCUT2D eigenvalue weighted by atomic mass is 10.1. The quantitative estimate of drug-likeness (QED) is 0.873. The Labute approximate surface area is 140 Å². The topological polar surface area (TPSA) is 85.3 Å². The number of amides is 2. The van der Waals surface area contributed by atoms with Crippen LogP contribution in [0.15, 0.2) is 42.7 Å². The Morgan fingerprint density at radius 1 is 1.21 bits per heavy atom. The molecule has 0 bridgehead atoms. The highest BCUT2D eigenvalue weighted by molar-refractivity contribution is 5.99. The molecule has 2 heterocycles. The van der Waals surface area contributed by atoms with Crippen LogP contribution in [0.5, 0.6) is 0 Å². The van der Waals surface area contributed by atoms with E-state index in [9.17, 15) is 9.59 Å². The van der Waals surface area contributed by atoms with Gasteiger partial charge < -0.3 is 15.4 Å². The Kier molecular flexibility index (Phi) is 5.22. The van der Waals surface area contributed by atoms with Gasteiger partial charge in [0.05, 0.1) is 24.5 Å². The van der Waals surface area contributed by atoms with E-state index >= 15 is 0 Å². The van der Waals surface area contributed by atoms with E-state index in [0.717, 1.165) is 26.1 Å². The van der Waals surface area contributed by atoms with Crippen molar-refractivity contribution < 1.29 is 14.3 Å². The third-order valence-corrected chi connectivity index (χ3v) is 3.90. The molecule has 1 aliphatic rings. The van der Waals surface area contributed by atoms with E-state index in [1.165, 1.54) is 0 Å². The van der Waals surface area contributed by atoms with Gasteiger partial charge in [0.1, 0.15) is 0 Å². The number of aromatic nitrogens is 2. The summed E-state index contributed by atoms with van der Waals surface area (Å²) in [6.45, 7) is 1.38. The van der Waals surface area contributed by atoms with Gasteiger partial charge in [-0.15, -0.1) is 0 Å². The smallest absolute Gasteiger partial charge is 0.251 e. The summed E-state index contributed by atoms with van der Waals surface area (Å²) in [6, 6.07) is 9.09. The van der Waals surface area contributed by atoms with Gasteiger partial charge >= 0.3 is 0 Å². The Bertz CT molecular complexity index is 693. The predicted molar refractivity (Wildman–Crippen MR) is 88.7 cm³/mol. The van der Waals surface area contributed by atoms with Crippen LogP contribution >= 0.6 is 0 Å². The van der Waals surface area contributed by atoms with Gasteiger partial charge in [0, 0.05) is 25.0 Å². The molecule has 0 spiro atoms. The van der Waals surface area contributed by atoms with Crippen LogP contribution in [0, 0.1) is 0 Å². The first-order chi connectivity index (χ1) is 11.7. The molecule has 1 saturated heterocycles. The molecule has 0 unspecified atom stereocenters. The molecule has 2 amide bonds. The molecule has 2 aromatic rings. The average molecular weight is 328 g/mol. The van der Waals surface area contributed by atoms with Crippen LogP contribution in [0.1, 0.15) is 29.2 Å². The zero-order valence-electron chi connectivity index (χ0n) is 13.3. The van der Waals surface area contributed by atoms with E-state index in [0.29, 0.717) is 17.3 Å². The highest BCUT2D eigenvalue weighted by atomic mass is 16.5. The Morgan fingerprint density at radius 3 is 2.71 bits per heavy atom. The zero-order chi connectivity index (χ0) is 16.8. The number of ether oxygens (including phenoxy) is 1. The van der Waals surface area contributed by atoms with Crippen LogP contribution in [-0.2, 0) is 9.53 Å². The average Bonchev–Trinajstić information content (AvgIpc) is 3.09. The Hall–Kier alpha value is -2.67. The van der Waals surface area contributed by atoms with Gasteiger partial charge in [-0.25, -0.2) is 0 Å². The van der Waals surface area contributed by atoms with Crippen molar-refractivity contribution in [1.82, 2.24) is 15.1 Å². The van der Waals surface area contributed by atoms with Crippen molar-refractivity contribution in [2.75, 3.05) is 25.1 Å². The summed E-state index contributed by atoms with van der Waals surface area (Å²) in [5.74, 6) is -0.561. The molecule has 0 saturated carbocycles. The van der Waals surface area contributed by atoms with E-state index in [2.05, 4.69) is 15.7 Å². The normalized spacial score (nSPS) is 15.0. The largest absolute Gasteiger partial charge is 0.381 e. The number of carbonyl (C=O) groups is 2. The number of nitrogens with zero attached hydrogens (tertiary/aromatic N) is 2. The highest BCUT2D eigenvalue weighted by Crippen LogP contribution is 2.21. The maximum atomic E-state index is 12.0. The summed E-state index contributed by atoms with van der Waals surface area (Å²) in [6.07, 6.45) is 5.27. The molecular formula is C17H20N4O3. The molecular weight excluding hydrogens is 308 g/mol. The summed E-state index contributed by atoms with van der Waals surface area (Å²) in [5.41, 5.74) is 1.15. The zero-order valence-corrected chi connectivity index (χ0v) is 13.3. The van der Waals surface area contributed by atoms with E-state index in [-0.39, 0.29) is 18.4 Å². The first-order valence-corrected chi connectivity index (χ1v) is 7.97. The second kappa shape index (κ2) is 7.74. The van der Waals surface area contributed by atoms with Crippen LogP contribution in [0.2, 0.25) is 0 Å². The number of anilines is 1. The number of nitrogens with one attached hydrogen (secondary N) is 2. The fourth-order valence-electron chi connectivity index (χ4n) is 2.61. The van der Waals surface area contributed by atoms with Crippen molar-refractivity contribution in [3.05, 3.63) is 48.3 Å². The summed E-state index contributed by atoms with van der Waals surface area (Å²) in [7, 11) is 0. The molecule has 1 aliphatic heterocycles. The van der Waals surface area contributed by atoms with Crippen molar-refractivity contribution in [1.29, 1.82) is 0 Å². The third kappa shape index (κ3) is 4.20. The molecule has 7 heteroatoms. The van der Waals surface area contributed by atoms with Gasteiger partial charge in [-0.2, -0.15) is 5.10 Å². The first kappa shape index (κ1) is 16.2. The van der Waals surface area contributed by atoms with Gasteiger partial charge in [-0.3, -0.25) is 14.3 Å². The van der Waals surface area contributed by atoms with Crippen LogP contribution in [0.4, 0.5) is 5.69 Å². The SMILES string of the molecule is O=C(CNC(=O)c1ccccc1)Nc1cnn(C2CCOCC2)c1. The molecule has 1 fully saturated rings. The van der Waals surface area contributed by atoms with E-state index in [1.54, 1.807) is 30.5 Å². The van der Waals surface area contributed by atoms with Gasteiger partial charge in [0.15, 0.2) is 0 Å². The maximum Gasteiger partial charge on any atom is 0.251 e. The Balaban J connectivity index is 1.48. The minimum absolute atomic E-state index is 0.0871. The monoisotopic (exact) mass is 328 g/mol. The molecule has 7 nitrogen and oxygen atoms in total. The highest BCUT2D eigenvalue weighted by Gasteiger charge is 2.17. The lowest BCUT2D eigenvalue weighted by Crippen LogP contribution is -2.32. The number of hydrogen-bond acceptors (Lipinski definition) is 4. The summed E-state index contributed by atoms with van der Waals surface area (Å²) < 4.78 is 7.19. The second-order valence-electron chi connectivity index (χ2n) is 5.65. The standard InChI is InChI=1S/C17H20N4O3/c22-16(11-18-17(23)13-4-2-1-3-5-13)20-14-10-19-21(12-14)15-6-8-24-9-7-15/h1-5,10,12,15H,6-9,11H2,(H,18,23)(H,20,22). The maximum absolute atomic E-state index is 12.0. The molecule has 3 rings (SSSR count). The summed E-state index contributed by atoms with van der Waals surface area (Å²) >= 11 is 0. The van der Waals surface area contributed by atoms with Crippen molar-refractivity contribution in [2.24, 2.45) is 0 Å².